The number of aryl methyl sites for hydroxylation is 1. The summed E-state index contributed by atoms with van der Waals surface area (Å²) in [6.45, 7) is 8.73. The largest absolute Gasteiger partial charge is 0.353 e. The number of hydrogen-bond acceptors (Lipinski definition) is 2. The van der Waals surface area contributed by atoms with Crippen LogP contribution in [0, 0.1) is 12.3 Å². The fourth-order valence-corrected chi connectivity index (χ4v) is 3.96. The Balaban J connectivity index is 1.89. The number of nitrogens with one attached hydrogen (secondary N) is 1. The zero-order chi connectivity index (χ0) is 20.3. The molecule has 2 aromatic rings. The van der Waals surface area contributed by atoms with Gasteiger partial charge in [0, 0.05) is 26.1 Å². The Bertz CT molecular complexity index is 857. The Hall–Kier alpha value is -2.62. The van der Waals surface area contributed by atoms with Gasteiger partial charge in [0.15, 0.2) is 0 Å². The second kappa shape index (κ2) is 8.17. The number of rotatable bonds is 5. The standard InChI is InChI=1S/C24H30N2O2/c1-17(2)25-23(28)24(12-13-26(16-24)19(4)27)15-20-6-5-7-22(14-20)21-10-8-18(3)9-11-21/h5-11,14,17H,12-13,15-16H2,1-4H3,(H,25,28)/t24-/m1/s1. The Kier molecular flexibility index (Phi) is 5.87. The van der Waals surface area contributed by atoms with Gasteiger partial charge in [-0.25, -0.2) is 0 Å². The minimum Gasteiger partial charge on any atom is -0.353 e. The van der Waals surface area contributed by atoms with Crippen LogP contribution in [0.25, 0.3) is 11.1 Å². The molecular weight excluding hydrogens is 348 g/mol. The average molecular weight is 379 g/mol. The van der Waals surface area contributed by atoms with Crippen LogP contribution in [0.4, 0.5) is 0 Å². The molecule has 0 unspecified atom stereocenters. The third-order valence-corrected chi connectivity index (χ3v) is 5.55. The summed E-state index contributed by atoms with van der Waals surface area (Å²) in [5.74, 6) is 0.0830. The molecule has 148 valence electrons. The van der Waals surface area contributed by atoms with E-state index in [4.69, 9.17) is 0 Å². The number of amides is 2. The van der Waals surface area contributed by atoms with Gasteiger partial charge in [-0.3, -0.25) is 9.59 Å². The summed E-state index contributed by atoms with van der Waals surface area (Å²) in [5.41, 5.74) is 4.12. The van der Waals surface area contributed by atoms with Gasteiger partial charge in [0.05, 0.1) is 5.41 Å². The molecule has 0 aromatic heterocycles. The molecule has 0 radical (unpaired) electrons. The third-order valence-electron chi connectivity index (χ3n) is 5.55. The van der Waals surface area contributed by atoms with Gasteiger partial charge < -0.3 is 10.2 Å². The molecule has 1 heterocycles. The number of hydrogen-bond donors (Lipinski definition) is 1. The minimum atomic E-state index is -0.568. The summed E-state index contributed by atoms with van der Waals surface area (Å²) < 4.78 is 0. The first-order valence-electron chi connectivity index (χ1n) is 10.0. The molecule has 4 nitrogen and oxygen atoms in total. The van der Waals surface area contributed by atoms with E-state index in [1.807, 2.05) is 13.8 Å². The molecule has 1 N–H and O–H groups in total. The Morgan fingerprint density at radius 2 is 1.82 bits per heavy atom. The Morgan fingerprint density at radius 1 is 1.11 bits per heavy atom. The van der Waals surface area contributed by atoms with Gasteiger partial charge in [0.1, 0.15) is 0 Å². The van der Waals surface area contributed by atoms with Crippen molar-refractivity contribution in [3.05, 3.63) is 59.7 Å². The summed E-state index contributed by atoms with van der Waals surface area (Å²) >= 11 is 0. The van der Waals surface area contributed by atoms with Gasteiger partial charge in [0.25, 0.3) is 0 Å². The third kappa shape index (κ3) is 4.44. The van der Waals surface area contributed by atoms with Gasteiger partial charge in [0.2, 0.25) is 11.8 Å². The summed E-state index contributed by atoms with van der Waals surface area (Å²) in [4.78, 5) is 26.8. The van der Waals surface area contributed by atoms with Crippen LogP contribution in [0.1, 0.15) is 38.3 Å². The summed E-state index contributed by atoms with van der Waals surface area (Å²) in [6, 6.07) is 17.0. The predicted octanol–water partition coefficient (Wildman–Crippen LogP) is 3.97. The van der Waals surface area contributed by atoms with E-state index in [0.29, 0.717) is 25.9 Å². The van der Waals surface area contributed by atoms with E-state index >= 15 is 0 Å². The topological polar surface area (TPSA) is 49.4 Å². The SMILES string of the molecule is CC(=O)N1CC[C@](Cc2cccc(-c3ccc(C)cc3)c2)(C(=O)NC(C)C)C1. The maximum Gasteiger partial charge on any atom is 0.228 e. The van der Waals surface area contributed by atoms with Crippen molar-refractivity contribution in [3.8, 4) is 11.1 Å². The molecule has 28 heavy (non-hydrogen) atoms. The van der Waals surface area contributed by atoms with Crippen LogP contribution in [0.2, 0.25) is 0 Å². The first-order valence-corrected chi connectivity index (χ1v) is 10.0. The zero-order valence-electron chi connectivity index (χ0n) is 17.3. The maximum absolute atomic E-state index is 13.1. The van der Waals surface area contributed by atoms with E-state index < -0.39 is 5.41 Å². The van der Waals surface area contributed by atoms with Crippen molar-refractivity contribution in [2.24, 2.45) is 5.41 Å². The lowest BCUT2D eigenvalue weighted by Gasteiger charge is -2.29. The summed E-state index contributed by atoms with van der Waals surface area (Å²) in [7, 11) is 0. The lowest BCUT2D eigenvalue weighted by molar-refractivity contribution is -0.132. The first-order chi connectivity index (χ1) is 13.3. The second-order valence-corrected chi connectivity index (χ2v) is 8.34. The monoisotopic (exact) mass is 378 g/mol. The Labute approximate surface area is 167 Å². The number of carbonyl (C=O) groups excluding carboxylic acids is 2. The number of carbonyl (C=O) groups is 2. The average Bonchev–Trinajstić information content (AvgIpc) is 3.08. The summed E-state index contributed by atoms with van der Waals surface area (Å²) in [6.07, 6.45) is 1.33. The highest BCUT2D eigenvalue weighted by molar-refractivity contribution is 5.85. The van der Waals surface area contributed by atoms with Crippen LogP contribution in [0.15, 0.2) is 48.5 Å². The molecule has 1 saturated heterocycles. The fraction of sp³-hybridized carbons (Fsp3) is 0.417. The molecule has 1 fully saturated rings. The number of likely N-dealkylation sites (tertiary alicyclic amines) is 1. The van der Waals surface area contributed by atoms with E-state index in [1.165, 1.54) is 11.1 Å². The van der Waals surface area contributed by atoms with Crippen molar-refractivity contribution in [3.63, 3.8) is 0 Å². The van der Waals surface area contributed by atoms with E-state index in [1.54, 1.807) is 11.8 Å². The van der Waals surface area contributed by atoms with Gasteiger partial charge >= 0.3 is 0 Å². The first kappa shape index (κ1) is 20.1. The van der Waals surface area contributed by atoms with Crippen molar-refractivity contribution in [1.29, 1.82) is 0 Å². The van der Waals surface area contributed by atoms with E-state index in [0.717, 1.165) is 11.1 Å². The van der Waals surface area contributed by atoms with Crippen molar-refractivity contribution >= 4 is 11.8 Å². The van der Waals surface area contributed by atoms with Crippen molar-refractivity contribution in [2.45, 2.75) is 46.6 Å². The van der Waals surface area contributed by atoms with Gasteiger partial charge in [-0.2, -0.15) is 0 Å². The Morgan fingerprint density at radius 3 is 2.43 bits per heavy atom. The van der Waals surface area contributed by atoms with Crippen LogP contribution in [-0.2, 0) is 16.0 Å². The molecule has 0 aliphatic carbocycles. The van der Waals surface area contributed by atoms with Crippen LogP contribution < -0.4 is 5.32 Å². The van der Waals surface area contributed by atoms with Gasteiger partial charge in [-0.05, 0) is 50.3 Å². The predicted molar refractivity (Wildman–Crippen MR) is 113 cm³/mol. The van der Waals surface area contributed by atoms with Crippen LogP contribution in [-0.4, -0.2) is 35.8 Å². The van der Waals surface area contributed by atoms with Crippen LogP contribution in [0.3, 0.4) is 0 Å². The van der Waals surface area contributed by atoms with E-state index in [2.05, 4.69) is 60.8 Å². The highest BCUT2D eigenvalue weighted by Crippen LogP contribution is 2.36. The van der Waals surface area contributed by atoms with Gasteiger partial charge in [-0.15, -0.1) is 0 Å². The molecule has 0 saturated carbocycles. The quantitative estimate of drug-likeness (QED) is 0.856. The molecule has 1 aliphatic heterocycles. The van der Waals surface area contributed by atoms with Crippen LogP contribution in [0.5, 0.6) is 0 Å². The molecule has 2 amide bonds. The molecule has 1 aliphatic rings. The van der Waals surface area contributed by atoms with E-state index in [9.17, 15) is 9.59 Å². The second-order valence-electron chi connectivity index (χ2n) is 8.34. The van der Waals surface area contributed by atoms with Crippen molar-refractivity contribution in [1.82, 2.24) is 10.2 Å². The molecule has 3 rings (SSSR count). The molecule has 0 bridgehead atoms. The lowest BCUT2D eigenvalue weighted by Crippen LogP contribution is -2.47. The molecular formula is C24H30N2O2. The molecule has 4 heteroatoms. The number of benzene rings is 2. The molecule has 0 spiro atoms. The van der Waals surface area contributed by atoms with E-state index in [-0.39, 0.29) is 17.9 Å². The van der Waals surface area contributed by atoms with Crippen LogP contribution >= 0.6 is 0 Å². The highest BCUT2D eigenvalue weighted by atomic mass is 16.2. The number of nitrogens with zero attached hydrogens (tertiary/aromatic N) is 1. The fourth-order valence-electron chi connectivity index (χ4n) is 3.96. The smallest absolute Gasteiger partial charge is 0.228 e. The molecule has 2 aromatic carbocycles. The lowest BCUT2D eigenvalue weighted by atomic mass is 9.79. The van der Waals surface area contributed by atoms with Gasteiger partial charge in [-0.1, -0.05) is 54.1 Å². The van der Waals surface area contributed by atoms with Crippen molar-refractivity contribution in [2.75, 3.05) is 13.1 Å². The zero-order valence-corrected chi connectivity index (χ0v) is 17.3. The summed E-state index contributed by atoms with van der Waals surface area (Å²) in [5, 5.41) is 3.08. The highest BCUT2D eigenvalue weighted by Gasteiger charge is 2.45. The normalized spacial score (nSPS) is 19.1. The van der Waals surface area contributed by atoms with Crippen molar-refractivity contribution < 1.29 is 9.59 Å². The maximum atomic E-state index is 13.1. The minimum absolute atomic E-state index is 0.0348. The molecule has 1 atom stereocenters.